The molecule has 0 aliphatic carbocycles. The molecule has 0 saturated carbocycles. The number of imide groups is 1. The highest BCUT2D eigenvalue weighted by Gasteiger charge is 2.36. The van der Waals surface area contributed by atoms with E-state index in [-0.39, 0.29) is 17.4 Å². The Balaban J connectivity index is 1.48. The van der Waals surface area contributed by atoms with Crippen LogP contribution in [0.4, 0.5) is 10.5 Å². The molecular weight excluding hydrogens is 464 g/mol. The molecule has 0 spiro atoms. The molecule has 9 heteroatoms. The summed E-state index contributed by atoms with van der Waals surface area (Å²) in [5.74, 6) is -1.25. The molecule has 1 aromatic heterocycles. The first kappa shape index (κ1) is 24.0. The summed E-state index contributed by atoms with van der Waals surface area (Å²) in [6.07, 6.45) is 1.61. The van der Waals surface area contributed by atoms with Crippen LogP contribution in [0, 0.1) is 20.8 Å². The second-order valence-corrected chi connectivity index (χ2v) is 9.09. The van der Waals surface area contributed by atoms with E-state index in [4.69, 9.17) is 0 Å². The highest BCUT2D eigenvalue weighted by atomic mass is 32.2. The summed E-state index contributed by atoms with van der Waals surface area (Å²) < 4.78 is 1.64. The minimum absolute atomic E-state index is 0.216. The van der Waals surface area contributed by atoms with Gasteiger partial charge in [-0.05, 0) is 74.0 Å². The van der Waals surface area contributed by atoms with E-state index in [2.05, 4.69) is 10.7 Å². The number of para-hydroxylation sites is 1. The summed E-state index contributed by atoms with van der Waals surface area (Å²) in [6.45, 7) is 5.13. The van der Waals surface area contributed by atoms with Gasteiger partial charge in [-0.2, -0.15) is 0 Å². The van der Waals surface area contributed by atoms with Gasteiger partial charge in [-0.15, -0.1) is 0 Å². The van der Waals surface area contributed by atoms with Crippen molar-refractivity contribution in [3.63, 3.8) is 0 Å². The third kappa shape index (κ3) is 5.20. The molecule has 2 N–H and O–H groups in total. The fourth-order valence-corrected chi connectivity index (χ4v) is 4.51. The molecule has 1 saturated heterocycles. The van der Waals surface area contributed by atoms with E-state index in [1.807, 2.05) is 45.0 Å². The summed E-state index contributed by atoms with van der Waals surface area (Å²) >= 11 is 0.785. The van der Waals surface area contributed by atoms with Crippen molar-refractivity contribution in [2.75, 3.05) is 17.3 Å². The van der Waals surface area contributed by atoms with E-state index in [0.717, 1.165) is 27.9 Å². The molecule has 4 amide bonds. The van der Waals surface area contributed by atoms with E-state index < -0.39 is 17.1 Å². The van der Waals surface area contributed by atoms with Crippen LogP contribution in [-0.4, -0.2) is 39.1 Å². The van der Waals surface area contributed by atoms with Crippen LogP contribution in [0.5, 0.6) is 0 Å². The molecule has 2 aromatic carbocycles. The number of amides is 4. The topological polar surface area (TPSA) is 101 Å². The first-order valence-electron chi connectivity index (χ1n) is 10.9. The second kappa shape index (κ2) is 10.0. The Hall–Kier alpha value is -4.11. The van der Waals surface area contributed by atoms with Crippen LogP contribution in [0.25, 0.3) is 6.08 Å². The Morgan fingerprint density at radius 1 is 0.971 bits per heavy atom. The molecule has 1 aliphatic rings. The van der Waals surface area contributed by atoms with Crippen LogP contribution in [0.15, 0.2) is 65.6 Å². The van der Waals surface area contributed by atoms with E-state index in [1.54, 1.807) is 47.2 Å². The standard InChI is InChI=1S/C26H24N4O4S/c1-16-9-7-8-12-21(16)27-23(31)15-29-25(33)22(35-26(29)34)14-20-13-17(2)30(18(20)3)28-24(32)19-10-5-4-6-11-19/h4-14H,15H2,1-3H3,(H,27,31)(H,28,32)/b22-14-. The van der Waals surface area contributed by atoms with Crippen LogP contribution in [0.2, 0.25) is 0 Å². The molecule has 8 nitrogen and oxygen atoms in total. The number of hydrogen-bond acceptors (Lipinski definition) is 5. The lowest BCUT2D eigenvalue weighted by molar-refractivity contribution is -0.127. The number of anilines is 1. The van der Waals surface area contributed by atoms with E-state index in [1.165, 1.54) is 0 Å². The molecule has 178 valence electrons. The fraction of sp³-hybridized carbons (Fsp3) is 0.154. The van der Waals surface area contributed by atoms with Crippen molar-refractivity contribution in [3.05, 3.63) is 93.6 Å². The zero-order chi connectivity index (χ0) is 25.1. The molecule has 0 unspecified atom stereocenters. The van der Waals surface area contributed by atoms with E-state index >= 15 is 0 Å². The molecule has 3 aromatic rings. The highest BCUT2D eigenvalue weighted by molar-refractivity contribution is 8.18. The number of hydrogen-bond donors (Lipinski definition) is 2. The predicted molar refractivity (Wildman–Crippen MR) is 137 cm³/mol. The van der Waals surface area contributed by atoms with Gasteiger partial charge in [0.05, 0.1) is 4.91 Å². The largest absolute Gasteiger partial charge is 0.324 e. The lowest BCUT2D eigenvalue weighted by atomic mass is 10.2. The van der Waals surface area contributed by atoms with Crippen molar-refractivity contribution in [1.82, 2.24) is 9.58 Å². The van der Waals surface area contributed by atoms with Crippen molar-refractivity contribution in [1.29, 1.82) is 0 Å². The summed E-state index contributed by atoms with van der Waals surface area (Å²) in [4.78, 5) is 51.6. The molecule has 0 bridgehead atoms. The Kier molecular flexibility index (Phi) is 6.88. The van der Waals surface area contributed by atoms with Gasteiger partial charge in [-0.1, -0.05) is 36.4 Å². The summed E-state index contributed by atoms with van der Waals surface area (Å²) in [5, 5.41) is 2.23. The molecule has 0 atom stereocenters. The molecule has 35 heavy (non-hydrogen) atoms. The molecular formula is C26H24N4O4S. The number of carbonyl (C=O) groups is 4. The fourth-order valence-electron chi connectivity index (χ4n) is 3.69. The third-order valence-electron chi connectivity index (χ3n) is 5.60. The summed E-state index contributed by atoms with van der Waals surface area (Å²) in [5.41, 5.74) is 7.03. The smallest absolute Gasteiger partial charge is 0.294 e. The second-order valence-electron chi connectivity index (χ2n) is 8.10. The SMILES string of the molecule is Cc1ccccc1NC(=O)CN1C(=O)S/C(=C\c2cc(C)n(NC(=O)c3ccccc3)c2C)C1=O. The number of carbonyl (C=O) groups excluding carboxylic acids is 4. The number of aromatic nitrogens is 1. The van der Waals surface area contributed by atoms with E-state index in [9.17, 15) is 19.2 Å². The third-order valence-corrected chi connectivity index (χ3v) is 6.51. The number of nitrogens with one attached hydrogen (secondary N) is 2. The van der Waals surface area contributed by atoms with Gasteiger partial charge in [-0.3, -0.25) is 34.2 Å². The molecule has 2 heterocycles. The number of rotatable bonds is 6. The first-order chi connectivity index (χ1) is 16.7. The number of aryl methyl sites for hydroxylation is 2. The van der Waals surface area contributed by atoms with Crippen molar-refractivity contribution in [3.8, 4) is 0 Å². The van der Waals surface area contributed by atoms with Gasteiger partial charge in [0, 0.05) is 22.6 Å². The zero-order valence-electron chi connectivity index (χ0n) is 19.5. The van der Waals surface area contributed by atoms with Crippen molar-refractivity contribution < 1.29 is 19.2 Å². The van der Waals surface area contributed by atoms with Crippen molar-refractivity contribution in [2.24, 2.45) is 0 Å². The van der Waals surface area contributed by atoms with Gasteiger partial charge in [0.25, 0.3) is 17.1 Å². The monoisotopic (exact) mass is 488 g/mol. The van der Waals surface area contributed by atoms with Gasteiger partial charge in [0.1, 0.15) is 6.54 Å². The van der Waals surface area contributed by atoms with Crippen molar-refractivity contribution in [2.45, 2.75) is 20.8 Å². The average Bonchev–Trinajstić information content (AvgIpc) is 3.25. The zero-order valence-corrected chi connectivity index (χ0v) is 20.3. The molecule has 4 rings (SSSR count). The van der Waals surface area contributed by atoms with Gasteiger partial charge in [-0.25, -0.2) is 0 Å². The summed E-state index contributed by atoms with van der Waals surface area (Å²) in [7, 11) is 0. The van der Waals surface area contributed by atoms with Gasteiger partial charge >= 0.3 is 0 Å². The van der Waals surface area contributed by atoms with E-state index in [0.29, 0.717) is 22.5 Å². The number of benzene rings is 2. The average molecular weight is 489 g/mol. The van der Waals surface area contributed by atoms with Crippen LogP contribution in [0.1, 0.15) is 32.9 Å². The van der Waals surface area contributed by atoms with Crippen LogP contribution >= 0.6 is 11.8 Å². The maximum absolute atomic E-state index is 12.9. The maximum Gasteiger partial charge on any atom is 0.294 e. The normalized spacial score (nSPS) is 14.5. The lowest BCUT2D eigenvalue weighted by Gasteiger charge is -2.13. The lowest BCUT2D eigenvalue weighted by Crippen LogP contribution is -2.36. The Morgan fingerprint density at radius 2 is 1.66 bits per heavy atom. The van der Waals surface area contributed by atoms with Gasteiger partial charge in [0.15, 0.2) is 0 Å². The van der Waals surface area contributed by atoms with Gasteiger partial charge in [0.2, 0.25) is 5.91 Å². The number of thioether (sulfide) groups is 1. The molecule has 0 radical (unpaired) electrons. The van der Waals surface area contributed by atoms with Gasteiger partial charge < -0.3 is 5.32 Å². The Bertz CT molecular complexity index is 1360. The first-order valence-corrected chi connectivity index (χ1v) is 11.7. The van der Waals surface area contributed by atoms with Crippen molar-refractivity contribution >= 4 is 46.5 Å². The Morgan fingerprint density at radius 3 is 2.37 bits per heavy atom. The minimum atomic E-state index is -0.530. The predicted octanol–water partition coefficient (Wildman–Crippen LogP) is 4.47. The summed E-state index contributed by atoms with van der Waals surface area (Å²) in [6, 6.07) is 17.9. The highest BCUT2D eigenvalue weighted by Crippen LogP contribution is 2.33. The maximum atomic E-state index is 12.9. The van der Waals surface area contributed by atoms with Crippen LogP contribution < -0.4 is 10.7 Å². The molecule has 1 fully saturated rings. The number of nitrogens with zero attached hydrogens (tertiary/aromatic N) is 2. The minimum Gasteiger partial charge on any atom is -0.324 e. The molecule has 1 aliphatic heterocycles. The van der Waals surface area contributed by atoms with Crippen LogP contribution in [0.3, 0.4) is 0 Å². The van der Waals surface area contributed by atoms with Crippen LogP contribution in [-0.2, 0) is 9.59 Å². The quantitative estimate of drug-likeness (QED) is 0.499. The Labute approximate surface area is 207 Å².